The van der Waals surface area contributed by atoms with E-state index >= 15 is 0 Å². The topological polar surface area (TPSA) is 52.7 Å². The highest BCUT2D eigenvalue weighted by Gasteiger charge is 2.36. The van der Waals surface area contributed by atoms with Gasteiger partial charge in [0.1, 0.15) is 0 Å². The van der Waals surface area contributed by atoms with Crippen molar-refractivity contribution in [2.45, 2.75) is 52.0 Å². The van der Waals surface area contributed by atoms with E-state index in [0.717, 1.165) is 45.2 Å². The molecule has 0 aliphatic carbocycles. The maximum absolute atomic E-state index is 12.7. The number of nitrogens with zero attached hydrogens (tertiary/aromatic N) is 2. The number of rotatable bonds is 5. The summed E-state index contributed by atoms with van der Waals surface area (Å²) in [4.78, 5) is 0. The third-order valence-corrected chi connectivity index (χ3v) is 6.77. The van der Waals surface area contributed by atoms with Crippen molar-refractivity contribution in [3.63, 3.8) is 0 Å². The van der Waals surface area contributed by atoms with Crippen LogP contribution >= 0.6 is 0 Å². The molecule has 2 heterocycles. The first-order valence-corrected chi connectivity index (χ1v) is 9.43. The van der Waals surface area contributed by atoms with Gasteiger partial charge in [0, 0.05) is 25.7 Å². The molecule has 5 nitrogen and oxygen atoms in total. The smallest absolute Gasteiger partial charge is 0.282 e. The molecule has 2 aliphatic rings. The summed E-state index contributed by atoms with van der Waals surface area (Å²) in [6.07, 6.45) is 5.11. The van der Waals surface area contributed by atoms with Gasteiger partial charge in [-0.05, 0) is 51.6 Å². The minimum Gasteiger partial charge on any atom is -0.317 e. The lowest BCUT2D eigenvalue weighted by molar-refractivity contribution is 0.217. The van der Waals surface area contributed by atoms with Crippen molar-refractivity contribution >= 4 is 10.2 Å². The lowest BCUT2D eigenvalue weighted by atomic mass is 9.98. The molecule has 0 bridgehead atoms. The van der Waals surface area contributed by atoms with Crippen LogP contribution in [0.15, 0.2) is 0 Å². The molecule has 2 rings (SSSR count). The van der Waals surface area contributed by atoms with Crippen LogP contribution in [0.2, 0.25) is 0 Å². The average Bonchev–Trinajstić information content (AvgIpc) is 2.46. The van der Waals surface area contributed by atoms with Gasteiger partial charge in [-0.15, -0.1) is 0 Å². The molecule has 0 aromatic rings. The Labute approximate surface area is 123 Å². The highest BCUT2D eigenvalue weighted by Crippen LogP contribution is 2.26. The third-order valence-electron chi connectivity index (χ3n) is 4.62. The van der Waals surface area contributed by atoms with Gasteiger partial charge in [-0.3, -0.25) is 0 Å². The second-order valence-corrected chi connectivity index (χ2v) is 7.99. The molecular weight excluding hydrogens is 274 g/mol. The molecule has 6 heteroatoms. The molecule has 0 aromatic carbocycles. The fourth-order valence-corrected chi connectivity index (χ4v) is 5.14. The molecule has 0 aromatic heterocycles. The second-order valence-electron chi connectivity index (χ2n) is 6.11. The highest BCUT2D eigenvalue weighted by molar-refractivity contribution is 7.86. The van der Waals surface area contributed by atoms with Crippen LogP contribution in [0.4, 0.5) is 0 Å². The van der Waals surface area contributed by atoms with Crippen LogP contribution in [0.1, 0.15) is 46.0 Å². The highest BCUT2D eigenvalue weighted by atomic mass is 32.2. The molecule has 0 saturated carbocycles. The zero-order chi connectivity index (χ0) is 14.6. The minimum atomic E-state index is -3.23. The SMILES string of the molecule is CCNCC1CCN(S(=O)(=O)N2CCCCC2C)CC1. The molecule has 0 spiro atoms. The summed E-state index contributed by atoms with van der Waals surface area (Å²) in [7, 11) is -3.23. The van der Waals surface area contributed by atoms with Crippen LogP contribution in [0.3, 0.4) is 0 Å². The Morgan fingerprint density at radius 1 is 1.10 bits per heavy atom. The first-order chi connectivity index (χ1) is 9.55. The van der Waals surface area contributed by atoms with Gasteiger partial charge >= 0.3 is 0 Å². The molecule has 1 unspecified atom stereocenters. The fraction of sp³-hybridized carbons (Fsp3) is 1.00. The Morgan fingerprint density at radius 3 is 2.40 bits per heavy atom. The zero-order valence-corrected chi connectivity index (χ0v) is 13.7. The van der Waals surface area contributed by atoms with Gasteiger partial charge in [-0.25, -0.2) is 0 Å². The summed E-state index contributed by atoms with van der Waals surface area (Å²) in [5, 5.41) is 3.36. The molecule has 1 N–H and O–H groups in total. The monoisotopic (exact) mass is 303 g/mol. The maximum atomic E-state index is 12.7. The van der Waals surface area contributed by atoms with Crippen molar-refractivity contribution < 1.29 is 8.42 Å². The summed E-state index contributed by atoms with van der Waals surface area (Å²) < 4.78 is 28.8. The summed E-state index contributed by atoms with van der Waals surface area (Å²) in [6, 6.07) is 0.160. The standard InChI is InChI=1S/C14H29N3O2S/c1-3-15-12-14-7-10-16(11-8-14)20(18,19)17-9-5-4-6-13(17)2/h13-15H,3-12H2,1-2H3. The van der Waals surface area contributed by atoms with Gasteiger partial charge in [-0.1, -0.05) is 13.3 Å². The van der Waals surface area contributed by atoms with Crippen LogP contribution in [-0.2, 0) is 10.2 Å². The van der Waals surface area contributed by atoms with Crippen molar-refractivity contribution in [3.05, 3.63) is 0 Å². The van der Waals surface area contributed by atoms with Gasteiger partial charge in [0.05, 0.1) is 0 Å². The lowest BCUT2D eigenvalue weighted by Gasteiger charge is -2.39. The molecule has 1 atom stereocenters. The maximum Gasteiger partial charge on any atom is 0.282 e. The van der Waals surface area contributed by atoms with Crippen molar-refractivity contribution in [2.75, 3.05) is 32.7 Å². The Hall–Kier alpha value is -0.170. The zero-order valence-electron chi connectivity index (χ0n) is 12.8. The summed E-state index contributed by atoms with van der Waals surface area (Å²) in [5.74, 6) is 0.625. The third kappa shape index (κ3) is 3.72. The van der Waals surface area contributed by atoms with Gasteiger partial charge in [0.2, 0.25) is 0 Å². The van der Waals surface area contributed by atoms with Crippen molar-refractivity contribution in [1.82, 2.24) is 13.9 Å². The van der Waals surface area contributed by atoms with Gasteiger partial charge in [-0.2, -0.15) is 17.0 Å². The van der Waals surface area contributed by atoms with E-state index in [2.05, 4.69) is 12.2 Å². The van der Waals surface area contributed by atoms with Crippen molar-refractivity contribution in [3.8, 4) is 0 Å². The predicted molar refractivity (Wildman–Crippen MR) is 81.8 cm³/mol. The first kappa shape index (κ1) is 16.2. The van der Waals surface area contributed by atoms with E-state index in [1.807, 2.05) is 6.92 Å². The van der Waals surface area contributed by atoms with Crippen LogP contribution in [-0.4, -0.2) is 55.8 Å². The predicted octanol–water partition coefficient (Wildman–Crippen LogP) is 1.43. The molecule has 2 fully saturated rings. The average molecular weight is 303 g/mol. The van der Waals surface area contributed by atoms with E-state index in [-0.39, 0.29) is 6.04 Å². The summed E-state index contributed by atoms with van der Waals surface area (Å²) >= 11 is 0. The van der Waals surface area contributed by atoms with E-state index < -0.39 is 10.2 Å². The van der Waals surface area contributed by atoms with E-state index in [4.69, 9.17) is 0 Å². The van der Waals surface area contributed by atoms with Gasteiger partial charge in [0.25, 0.3) is 10.2 Å². The molecule has 0 amide bonds. The number of hydrogen-bond acceptors (Lipinski definition) is 3. The molecule has 118 valence electrons. The van der Waals surface area contributed by atoms with Gasteiger partial charge in [0.15, 0.2) is 0 Å². The lowest BCUT2D eigenvalue weighted by Crippen LogP contribution is -2.52. The largest absolute Gasteiger partial charge is 0.317 e. The first-order valence-electron chi connectivity index (χ1n) is 8.03. The summed E-state index contributed by atoms with van der Waals surface area (Å²) in [5.41, 5.74) is 0. The van der Waals surface area contributed by atoms with Gasteiger partial charge < -0.3 is 5.32 Å². The van der Waals surface area contributed by atoms with Crippen LogP contribution < -0.4 is 5.32 Å². The number of hydrogen-bond donors (Lipinski definition) is 1. The number of piperidine rings is 2. The van der Waals surface area contributed by atoms with Crippen molar-refractivity contribution in [2.24, 2.45) is 5.92 Å². The molecule has 2 saturated heterocycles. The van der Waals surface area contributed by atoms with E-state index in [1.54, 1.807) is 8.61 Å². The summed E-state index contributed by atoms with van der Waals surface area (Å²) in [6.45, 7) is 8.21. The van der Waals surface area contributed by atoms with Crippen LogP contribution in [0.25, 0.3) is 0 Å². The van der Waals surface area contributed by atoms with Crippen LogP contribution in [0, 0.1) is 5.92 Å². The fourth-order valence-electron chi connectivity index (χ4n) is 3.26. The Kier molecular flexibility index (Phi) is 5.84. The van der Waals surface area contributed by atoms with Crippen LogP contribution in [0.5, 0.6) is 0 Å². The second kappa shape index (κ2) is 7.20. The molecule has 20 heavy (non-hydrogen) atoms. The molecule has 2 aliphatic heterocycles. The number of nitrogens with one attached hydrogen (secondary N) is 1. The van der Waals surface area contributed by atoms with Crippen molar-refractivity contribution in [1.29, 1.82) is 0 Å². The quantitative estimate of drug-likeness (QED) is 0.836. The normalized spacial score (nSPS) is 27.8. The minimum absolute atomic E-state index is 0.160. The van der Waals surface area contributed by atoms with E-state index in [0.29, 0.717) is 25.6 Å². The van der Waals surface area contributed by atoms with E-state index in [1.165, 1.54) is 0 Å². The molecule has 0 radical (unpaired) electrons. The Bertz CT molecular complexity index is 391. The Balaban J connectivity index is 1.91. The molecular formula is C14H29N3O2S. The van der Waals surface area contributed by atoms with E-state index in [9.17, 15) is 8.42 Å². The Morgan fingerprint density at radius 2 is 1.80 bits per heavy atom.